The molecule has 0 spiro atoms. The third kappa shape index (κ3) is 3.71. The van der Waals surface area contributed by atoms with Gasteiger partial charge in [0.05, 0.1) is 17.6 Å². The van der Waals surface area contributed by atoms with E-state index in [-0.39, 0.29) is 0 Å². The molecule has 1 fully saturated rings. The lowest BCUT2D eigenvalue weighted by Crippen LogP contribution is -2.49. The number of nitrogens with two attached hydrogens (primary N) is 1. The van der Waals surface area contributed by atoms with Gasteiger partial charge in [-0.25, -0.2) is 9.97 Å². The Morgan fingerprint density at radius 3 is 2.38 bits per heavy atom. The summed E-state index contributed by atoms with van der Waals surface area (Å²) in [5, 5.41) is 0. The molecule has 0 amide bonds. The second-order valence-electron chi connectivity index (χ2n) is 6.20. The maximum Gasteiger partial charge on any atom is 0.131 e. The number of hydrogen-bond acceptors (Lipinski definition) is 5. The molecular formula is C16H29N5. The molecule has 5 nitrogen and oxygen atoms in total. The van der Waals surface area contributed by atoms with Crippen LogP contribution in [-0.4, -0.2) is 47.1 Å². The van der Waals surface area contributed by atoms with E-state index in [0.717, 1.165) is 43.4 Å². The Morgan fingerprint density at radius 2 is 1.86 bits per heavy atom. The van der Waals surface area contributed by atoms with Crippen LogP contribution in [0.15, 0.2) is 6.20 Å². The highest BCUT2D eigenvalue weighted by Gasteiger charge is 2.22. The molecule has 0 aliphatic carbocycles. The van der Waals surface area contributed by atoms with Crippen LogP contribution in [0.2, 0.25) is 0 Å². The van der Waals surface area contributed by atoms with Crippen LogP contribution in [0.4, 0.5) is 5.69 Å². The van der Waals surface area contributed by atoms with E-state index in [9.17, 15) is 0 Å². The van der Waals surface area contributed by atoms with Crippen molar-refractivity contribution in [3.8, 4) is 0 Å². The van der Waals surface area contributed by atoms with Gasteiger partial charge in [0.15, 0.2) is 0 Å². The van der Waals surface area contributed by atoms with Crippen LogP contribution in [-0.2, 0) is 6.54 Å². The van der Waals surface area contributed by atoms with Gasteiger partial charge in [0.2, 0.25) is 0 Å². The van der Waals surface area contributed by atoms with Crippen LogP contribution >= 0.6 is 0 Å². The molecule has 0 saturated carbocycles. The molecule has 1 aromatic rings. The van der Waals surface area contributed by atoms with Crippen molar-refractivity contribution in [1.82, 2.24) is 14.9 Å². The fourth-order valence-corrected chi connectivity index (χ4v) is 2.78. The Bertz CT molecular complexity index is 452. The summed E-state index contributed by atoms with van der Waals surface area (Å²) in [5.41, 5.74) is 7.99. The molecule has 1 atom stereocenters. The van der Waals surface area contributed by atoms with Crippen molar-refractivity contribution in [2.75, 3.05) is 31.1 Å². The molecule has 1 aliphatic heterocycles. The Kier molecular flexibility index (Phi) is 5.53. The highest BCUT2D eigenvalue weighted by molar-refractivity contribution is 5.49. The maximum atomic E-state index is 5.90. The number of anilines is 1. The summed E-state index contributed by atoms with van der Waals surface area (Å²) in [5.74, 6) is 1.23. The Labute approximate surface area is 128 Å². The minimum Gasteiger partial charge on any atom is -0.366 e. The largest absolute Gasteiger partial charge is 0.366 e. The summed E-state index contributed by atoms with van der Waals surface area (Å²) in [4.78, 5) is 14.1. The SMILES string of the molecule is CCC(C)N1CCN(c2cnc(C(C)C)nc2CN)CC1. The first-order chi connectivity index (χ1) is 10.1. The summed E-state index contributed by atoms with van der Waals surface area (Å²) in [7, 11) is 0. The zero-order valence-electron chi connectivity index (χ0n) is 13.8. The number of piperazine rings is 1. The molecule has 1 unspecified atom stereocenters. The predicted molar refractivity (Wildman–Crippen MR) is 87.6 cm³/mol. The fraction of sp³-hybridized carbons (Fsp3) is 0.750. The lowest BCUT2D eigenvalue weighted by Gasteiger charge is -2.39. The van der Waals surface area contributed by atoms with Gasteiger partial charge in [0.1, 0.15) is 5.82 Å². The monoisotopic (exact) mass is 291 g/mol. The molecule has 1 saturated heterocycles. The van der Waals surface area contributed by atoms with E-state index in [1.54, 1.807) is 0 Å². The van der Waals surface area contributed by atoms with Gasteiger partial charge >= 0.3 is 0 Å². The number of rotatable bonds is 5. The summed E-state index contributed by atoms with van der Waals surface area (Å²) in [6, 6.07) is 0.667. The molecule has 2 N–H and O–H groups in total. The van der Waals surface area contributed by atoms with E-state index < -0.39 is 0 Å². The van der Waals surface area contributed by atoms with Gasteiger partial charge < -0.3 is 10.6 Å². The average molecular weight is 291 g/mol. The summed E-state index contributed by atoms with van der Waals surface area (Å²) in [6.45, 7) is 13.5. The molecule has 0 aromatic carbocycles. The van der Waals surface area contributed by atoms with Gasteiger partial charge in [-0.1, -0.05) is 20.8 Å². The number of aromatic nitrogens is 2. The lowest BCUT2D eigenvalue weighted by molar-refractivity contribution is 0.192. The second-order valence-corrected chi connectivity index (χ2v) is 6.20. The molecule has 1 aliphatic rings. The lowest BCUT2D eigenvalue weighted by atomic mass is 10.1. The van der Waals surface area contributed by atoms with Gasteiger partial charge in [-0.2, -0.15) is 0 Å². The maximum absolute atomic E-state index is 5.90. The zero-order chi connectivity index (χ0) is 15.4. The quantitative estimate of drug-likeness (QED) is 0.899. The van der Waals surface area contributed by atoms with Crippen LogP contribution < -0.4 is 10.6 Å². The molecule has 5 heteroatoms. The van der Waals surface area contributed by atoms with Crippen molar-refractivity contribution in [1.29, 1.82) is 0 Å². The third-order valence-corrected chi connectivity index (χ3v) is 4.44. The van der Waals surface area contributed by atoms with Gasteiger partial charge in [-0.3, -0.25) is 4.90 Å². The van der Waals surface area contributed by atoms with Crippen molar-refractivity contribution < 1.29 is 0 Å². The van der Waals surface area contributed by atoms with Gasteiger partial charge in [-0.15, -0.1) is 0 Å². The number of hydrogen-bond donors (Lipinski definition) is 1. The normalized spacial score (nSPS) is 18.3. The van der Waals surface area contributed by atoms with Crippen LogP contribution in [0.5, 0.6) is 0 Å². The van der Waals surface area contributed by atoms with Gasteiger partial charge in [-0.05, 0) is 13.3 Å². The zero-order valence-corrected chi connectivity index (χ0v) is 13.8. The van der Waals surface area contributed by atoms with E-state index in [1.807, 2.05) is 6.20 Å². The highest BCUT2D eigenvalue weighted by atomic mass is 15.3. The van der Waals surface area contributed by atoms with Crippen LogP contribution in [0, 0.1) is 0 Å². The van der Waals surface area contributed by atoms with Crippen LogP contribution in [0.25, 0.3) is 0 Å². The summed E-state index contributed by atoms with van der Waals surface area (Å²) in [6.07, 6.45) is 3.17. The second kappa shape index (κ2) is 7.18. The smallest absolute Gasteiger partial charge is 0.131 e. The molecular weight excluding hydrogens is 262 g/mol. The first-order valence-electron chi connectivity index (χ1n) is 8.11. The Hall–Kier alpha value is -1.20. The Balaban J connectivity index is 2.09. The molecule has 0 radical (unpaired) electrons. The van der Waals surface area contributed by atoms with Crippen molar-refractivity contribution in [3.63, 3.8) is 0 Å². The molecule has 2 rings (SSSR count). The number of nitrogens with zero attached hydrogens (tertiary/aromatic N) is 4. The topological polar surface area (TPSA) is 58.3 Å². The fourth-order valence-electron chi connectivity index (χ4n) is 2.78. The van der Waals surface area contributed by atoms with E-state index in [1.165, 1.54) is 6.42 Å². The minimum absolute atomic E-state index is 0.339. The van der Waals surface area contributed by atoms with Gasteiger partial charge in [0.25, 0.3) is 0 Å². The third-order valence-electron chi connectivity index (χ3n) is 4.44. The molecule has 2 heterocycles. The van der Waals surface area contributed by atoms with Crippen molar-refractivity contribution in [2.45, 2.75) is 52.6 Å². The highest BCUT2D eigenvalue weighted by Crippen LogP contribution is 2.22. The van der Waals surface area contributed by atoms with Crippen molar-refractivity contribution in [2.24, 2.45) is 5.73 Å². The van der Waals surface area contributed by atoms with E-state index >= 15 is 0 Å². The van der Waals surface area contributed by atoms with Crippen molar-refractivity contribution >= 4 is 5.69 Å². The summed E-state index contributed by atoms with van der Waals surface area (Å²) >= 11 is 0. The van der Waals surface area contributed by atoms with Crippen LogP contribution in [0.1, 0.15) is 51.6 Å². The molecule has 118 valence electrons. The van der Waals surface area contributed by atoms with Gasteiger partial charge in [0, 0.05) is 44.7 Å². The predicted octanol–water partition coefficient (Wildman–Crippen LogP) is 1.98. The first-order valence-corrected chi connectivity index (χ1v) is 8.11. The molecule has 0 bridgehead atoms. The molecule has 1 aromatic heterocycles. The average Bonchev–Trinajstić information content (AvgIpc) is 2.53. The van der Waals surface area contributed by atoms with E-state index in [4.69, 9.17) is 5.73 Å². The Morgan fingerprint density at radius 1 is 1.19 bits per heavy atom. The minimum atomic E-state index is 0.339. The standard InChI is InChI=1S/C16H29N5/c1-5-13(4)20-6-8-21(9-7-20)15-11-18-16(12(2)3)19-14(15)10-17/h11-13H,5-10,17H2,1-4H3. The van der Waals surface area contributed by atoms with Crippen LogP contribution in [0.3, 0.4) is 0 Å². The van der Waals surface area contributed by atoms with Crippen molar-refractivity contribution in [3.05, 3.63) is 17.7 Å². The van der Waals surface area contributed by atoms with E-state index in [2.05, 4.69) is 47.5 Å². The molecule has 21 heavy (non-hydrogen) atoms. The van der Waals surface area contributed by atoms with E-state index in [0.29, 0.717) is 18.5 Å². The summed E-state index contributed by atoms with van der Waals surface area (Å²) < 4.78 is 0. The first kappa shape index (κ1) is 16.2.